The van der Waals surface area contributed by atoms with Gasteiger partial charge in [-0.3, -0.25) is 19.9 Å². The summed E-state index contributed by atoms with van der Waals surface area (Å²) in [6.07, 6.45) is 1.52. The zero-order valence-corrected chi connectivity index (χ0v) is 12.8. The number of nitrogens with zero attached hydrogens (tertiary/aromatic N) is 2. The van der Waals surface area contributed by atoms with Crippen molar-refractivity contribution in [2.24, 2.45) is 5.92 Å². The van der Waals surface area contributed by atoms with E-state index in [9.17, 15) is 14.9 Å². The molecule has 0 aromatic carbocycles. The van der Waals surface area contributed by atoms with Gasteiger partial charge in [0.1, 0.15) is 0 Å². The quantitative estimate of drug-likeness (QED) is 0.456. The molecule has 1 heterocycles. The minimum Gasteiger partial charge on any atom is -0.469 e. The molecule has 0 aliphatic rings. The van der Waals surface area contributed by atoms with E-state index >= 15 is 0 Å². The third-order valence-corrected chi connectivity index (χ3v) is 4.18. The third-order valence-electron chi connectivity index (χ3n) is 2.97. The zero-order chi connectivity index (χ0) is 15.3. The van der Waals surface area contributed by atoms with Gasteiger partial charge < -0.3 is 4.74 Å². The fraction of sp³-hybridized carbons (Fsp3) is 0.538. The van der Waals surface area contributed by atoms with Crippen LogP contribution in [-0.4, -0.2) is 28.7 Å². The average molecular weight is 298 g/mol. The van der Waals surface area contributed by atoms with E-state index < -0.39 is 0 Å². The molecule has 0 spiro atoms. The van der Waals surface area contributed by atoms with Gasteiger partial charge >= 0.3 is 5.97 Å². The molecule has 1 aromatic rings. The number of rotatable bonds is 6. The van der Waals surface area contributed by atoms with Crippen LogP contribution in [0.25, 0.3) is 0 Å². The molecule has 0 radical (unpaired) electrons. The Hall–Kier alpha value is -1.63. The standard InChI is InChI=1S/C13H18N2O4S/c1-8-5-14-11(10(3)12(8)15(17)18)7-20-6-9(2)13(16)19-4/h5,9H,6-7H2,1-4H3. The van der Waals surface area contributed by atoms with E-state index in [2.05, 4.69) is 9.72 Å². The van der Waals surface area contributed by atoms with Crippen LogP contribution >= 0.6 is 11.8 Å². The highest BCUT2D eigenvalue weighted by atomic mass is 32.2. The van der Waals surface area contributed by atoms with Gasteiger partial charge in [0.2, 0.25) is 0 Å². The lowest BCUT2D eigenvalue weighted by Crippen LogP contribution is -2.15. The van der Waals surface area contributed by atoms with Gasteiger partial charge in [-0.1, -0.05) is 6.92 Å². The Bertz CT molecular complexity index is 519. The number of ether oxygens (including phenoxy) is 1. The normalized spacial score (nSPS) is 12.0. The number of esters is 1. The van der Waals surface area contributed by atoms with E-state index in [4.69, 9.17) is 0 Å². The predicted octanol–water partition coefficient (Wildman–Crippen LogP) is 2.65. The number of aromatic nitrogens is 1. The molecule has 1 atom stereocenters. The molecule has 0 bridgehead atoms. The molecule has 1 rings (SSSR count). The predicted molar refractivity (Wildman–Crippen MR) is 77.7 cm³/mol. The van der Waals surface area contributed by atoms with E-state index in [-0.39, 0.29) is 22.5 Å². The van der Waals surface area contributed by atoms with Crippen molar-refractivity contribution in [2.75, 3.05) is 12.9 Å². The second-order valence-electron chi connectivity index (χ2n) is 4.56. The largest absolute Gasteiger partial charge is 0.469 e. The van der Waals surface area contributed by atoms with Gasteiger partial charge in [-0.25, -0.2) is 0 Å². The summed E-state index contributed by atoms with van der Waals surface area (Å²) >= 11 is 1.51. The van der Waals surface area contributed by atoms with Crippen LogP contribution < -0.4 is 0 Å². The molecule has 0 fully saturated rings. The number of pyridine rings is 1. The van der Waals surface area contributed by atoms with Gasteiger partial charge in [-0.2, -0.15) is 11.8 Å². The lowest BCUT2D eigenvalue weighted by Gasteiger charge is -2.10. The van der Waals surface area contributed by atoms with Gasteiger partial charge in [0.05, 0.1) is 23.6 Å². The molecule has 110 valence electrons. The van der Waals surface area contributed by atoms with Crippen molar-refractivity contribution in [1.29, 1.82) is 0 Å². The minimum atomic E-state index is -0.377. The number of nitro groups is 1. The van der Waals surface area contributed by atoms with E-state index in [0.29, 0.717) is 28.3 Å². The molecule has 1 aromatic heterocycles. The molecule has 1 unspecified atom stereocenters. The Balaban J connectivity index is 2.73. The molecule has 0 amide bonds. The van der Waals surface area contributed by atoms with Crippen LogP contribution in [0.15, 0.2) is 6.20 Å². The monoisotopic (exact) mass is 298 g/mol. The third kappa shape index (κ3) is 3.93. The Morgan fingerprint density at radius 2 is 2.20 bits per heavy atom. The van der Waals surface area contributed by atoms with Crippen LogP contribution in [0.2, 0.25) is 0 Å². The van der Waals surface area contributed by atoms with Crippen LogP contribution in [0.1, 0.15) is 23.7 Å². The molecule has 0 N–H and O–H groups in total. The first-order valence-corrected chi connectivity index (χ1v) is 7.29. The van der Waals surface area contributed by atoms with Gasteiger partial charge in [0.15, 0.2) is 0 Å². The summed E-state index contributed by atoms with van der Waals surface area (Å²) in [6, 6.07) is 0. The van der Waals surface area contributed by atoms with E-state index in [1.807, 2.05) is 0 Å². The van der Waals surface area contributed by atoms with Gasteiger partial charge in [0, 0.05) is 28.8 Å². The number of hydrogen-bond donors (Lipinski definition) is 0. The van der Waals surface area contributed by atoms with Gasteiger partial charge in [-0.15, -0.1) is 0 Å². The minimum absolute atomic E-state index is 0.122. The van der Waals surface area contributed by atoms with Gasteiger partial charge in [-0.05, 0) is 13.8 Å². The van der Waals surface area contributed by atoms with Crippen LogP contribution in [0.5, 0.6) is 0 Å². The van der Waals surface area contributed by atoms with Crippen molar-refractivity contribution in [3.63, 3.8) is 0 Å². The second kappa shape index (κ2) is 7.23. The molecule has 0 saturated carbocycles. The van der Waals surface area contributed by atoms with E-state index in [0.717, 1.165) is 0 Å². The molecule has 0 aliphatic carbocycles. The zero-order valence-electron chi connectivity index (χ0n) is 12.0. The van der Waals surface area contributed by atoms with Crippen molar-refractivity contribution < 1.29 is 14.5 Å². The fourth-order valence-corrected chi connectivity index (χ4v) is 2.89. The van der Waals surface area contributed by atoms with Gasteiger partial charge in [0.25, 0.3) is 5.69 Å². The van der Waals surface area contributed by atoms with Crippen molar-refractivity contribution in [3.8, 4) is 0 Å². The fourth-order valence-electron chi connectivity index (χ4n) is 1.79. The molecular formula is C13H18N2O4S. The van der Waals surface area contributed by atoms with Crippen LogP contribution in [0.3, 0.4) is 0 Å². The summed E-state index contributed by atoms with van der Waals surface area (Å²) in [7, 11) is 1.36. The molecule has 6 nitrogen and oxygen atoms in total. The Kier molecular flexibility index (Phi) is 5.94. The van der Waals surface area contributed by atoms with Crippen LogP contribution in [0, 0.1) is 29.9 Å². The number of carbonyl (C=O) groups is 1. The number of aryl methyl sites for hydroxylation is 1. The van der Waals surface area contributed by atoms with E-state index in [1.165, 1.54) is 25.1 Å². The first kappa shape index (κ1) is 16.4. The summed E-state index contributed by atoms with van der Waals surface area (Å²) in [5.41, 5.74) is 1.96. The Labute approximate surface area is 122 Å². The maximum Gasteiger partial charge on any atom is 0.309 e. The lowest BCUT2D eigenvalue weighted by molar-refractivity contribution is -0.386. The first-order valence-electron chi connectivity index (χ1n) is 6.13. The first-order chi connectivity index (χ1) is 9.38. The van der Waals surface area contributed by atoms with E-state index in [1.54, 1.807) is 20.8 Å². The maximum atomic E-state index is 11.3. The van der Waals surface area contributed by atoms with Crippen molar-refractivity contribution in [1.82, 2.24) is 4.98 Å². The van der Waals surface area contributed by atoms with Crippen LogP contribution in [0.4, 0.5) is 5.69 Å². The summed E-state index contributed by atoms with van der Waals surface area (Å²) < 4.78 is 4.65. The molecule has 7 heteroatoms. The highest BCUT2D eigenvalue weighted by molar-refractivity contribution is 7.98. The summed E-state index contributed by atoms with van der Waals surface area (Å²) in [5, 5.41) is 11.0. The molecule has 20 heavy (non-hydrogen) atoms. The Morgan fingerprint density at radius 1 is 1.55 bits per heavy atom. The highest BCUT2D eigenvalue weighted by Gasteiger charge is 2.19. The number of thioether (sulfide) groups is 1. The smallest absolute Gasteiger partial charge is 0.309 e. The molecule has 0 saturated heterocycles. The molecule has 0 aliphatic heterocycles. The topological polar surface area (TPSA) is 82.3 Å². The SMILES string of the molecule is COC(=O)C(C)CSCc1ncc(C)c([N+](=O)[O-])c1C. The summed E-state index contributed by atoms with van der Waals surface area (Å²) in [5.74, 6) is 0.673. The second-order valence-corrected chi connectivity index (χ2v) is 5.59. The van der Waals surface area contributed by atoms with Crippen molar-refractivity contribution in [2.45, 2.75) is 26.5 Å². The summed E-state index contributed by atoms with van der Waals surface area (Å²) in [6.45, 7) is 5.17. The number of hydrogen-bond acceptors (Lipinski definition) is 6. The Morgan fingerprint density at radius 3 is 2.75 bits per heavy atom. The highest BCUT2D eigenvalue weighted by Crippen LogP contribution is 2.26. The van der Waals surface area contributed by atoms with Crippen molar-refractivity contribution in [3.05, 3.63) is 33.1 Å². The number of methoxy groups -OCH3 is 1. The lowest BCUT2D eigenvalue weighted by atomic mass is 10.1. The van der Waals surface area contributed by atoms with Crippen molar-refractivity contribution >= 4 is 23.4 Å². The van der Waals surface area contributed by atoms with Crippen LogP contribution in [-0.2, 0) is 15.3 Å². The summed E-state index contributed by atoms with van der Waals surface area (Å²) in [4.78, 5) is 26.1. The average Bonchev–Trinajstić information content (AvgIpc) is 2.39. The molecular weight excluding hydrogens is 280 g/mol. The number of carbonyl (C=O) groups excluding carboxylic acids is 1. The maximum absolute atomic E-state index is 11.3.